The SMILES string of the molecule is OCCC(F)(F)c1cccc(F)c1F. The fourth-order valence-electron chi connectivity index (χ4n) is 1.06. The third-order valence-electron chi connectivity index (χ3n) is 1.77. The predicted octanol–water partition coefficient (Wildman–Crippen LogP) is 2.44. The molecule has 0 unspecified atom stereocenters. The van der Waals surface area contributed by atoms with Gasteiger partial charge in [-0.2, -0.15) is 0 Å². The monoisotopic (exact) mass is 208 g/mol. The van der Waals surface area contributed by atoms with Crippen LogP contribution >= 0.6 is 0 Å². The fraction of sp³-hybridized carbons (Fsp3) is 0.333. The Hall–Kier alpha value is -1.10. The van der Waals surface area contributed by atoms with Crippen molar-refractivity contribution < 1.29 is 22.7 Å². The molecule has 0 radical (unpaired) electrons. The molecular weight excluding hydrogens is 200 g/mol. The van der Waals surface area contributed by atoms with Crippen molar-refractivity contribution in [2.45, 2.75) is 12.3 Å². The summed E-state index contributed by atoms with van der Waals surface area (Å²) in [7, 11) is 0. The zero-order valence-corrected chi connectivity index (χ0v) is 7.11. The Balaban J connectivity index is 3.12. The van der Waals surface area contributed by atoms with Crippen LogP contribution in [-0.2, 0) is 5.92 Å². The van der Waals surface area contributed by atoms with E-state index in [9.17, 15) is 17.6 Å². The smallest absolute Gasteiger partial charge is 0.278 e. The fourth-order valence-corrected chi connectivity index (χ4v) is 1.06. The molecule has 5 heteroatoms. The minimum atomic E-state index is -3.54. The summed E-state index contributed by atoms with van der Waals surface area (Å²) in [5, 5.41) is 8.33. The van der Waals surface area contributed by atoms with E-state index in [-0.39, 0.29) is 0 Å². The largest absolute Gasteiger partial charge is 0.396 e. The summed E-state index contributed by atoms with van der Waals surface area (Å²) < 4.78 is 51.5. The van der Waals surface area contributed by atoms with Crippen LogP contribution in [0.5, 0.6) is 0 Å². The van der Waals surface area contributed by atoms with Crippen molar-refractivity contribution >= 4 is 0 Å². The highest BCUT2D eigenvalue weighted by Gasteiger charge is 2.34. The Labute approximate surface area is 78.0 Å². The van der Waals surface area contributed by atoms with Gasteiger partial charge >= 0.3 is 0 Å². The molecule has 1 aromatic carbocycles. The molecule has 0 saturated carbocycles. The molecule has 0 bridgehead atoms. The van der Waals surface area contributed by atoms with Crippen LogP contribution in [0.25, 0.3) is 0 Å². The second-order valence-electron chi connectivity index (χ2n) is 2.78. The van der Waals surface area contributed by atoms with Crippen molar-refractivity contribution in [2.24, 2.45) is 0 Å². The van der Waals surface area contributed by atoms with Gasteiger partial charge < -0.3 is 5.11 Å². The van der Waals surface area contributed by atoms with Crippen LogP contribution in [-0.4, -0.2) is 11.7 Å². The zero-order chi connectivity index (χ0) is 10.8. The number of hydrogen-bond acceptors (Lipinski definition) is 1. The molecule has 0 aliphatic carbocycles. The lowest BCUT2D eigenvalue weighted by molar-refractivity contribution is -0.0305. The van der Waals surface area contributed by atoms with Crippen LogP contribution < -0.4 is 0 Å². The predicted molar refractivity (Wildman–Crippen MR) is 42.0 cm³/mol. The summed E-state index contributed by atoms with van der Waals surface area (Å²) in [6, 6.07) is 2.56. The number of rotatable bonds is 3. The van der Waals surface area contributed by atoms with E-state index in [0.29, 0.717) is 0 Å². The van der Waals surface area contributed by atoms with Crippen LogP contribution in [0.3, 0.4) is 0 Å². The lowest BCUT2D eigenvalue weighted by Gasteiger charge is -2.15. The maximum absolute atomic E-state index is 13.0. The van der Waals surface area contributed by atoms with Gasteiger partial charge in [-0.15, -0.1) is 0 Å². The molecule has 0 fully saturated rings. The number of halogens is 4. The average Bonchev–Trinajstić information content (AvgIpc) is 2.09. The van der Waals surface area contributed by atoms with Crippen LogP contribution in [0.1, 0.15) is 12.0 Å². The van der Waals surface area contributed by atoms with Crippen molar-refractivity contribution in [3.05, 3.63) is 35.4 Å². The molecule has 1 rings (SSSR count). The van der Waals surface area contributed by atoms with E-state index in [4.69, 9.17) is 5.11 Å². The van der Waals surface area contributed by atoms with E-state index >= 15 is 0 Å². The highest BCUT2D eigenvalue weighted by atomic mass is 19.3. The second kappa shape index (κ2) is 3.96. The first-order valence-corrected chi connectivity index (χ1v) is 3.92. The first kappa shape index (κ1) is 11.0. The standard InChI is InChI=1S/C9H8F4O/c10-7-3-1-2-6(8(7)11)9(12,13)4-5-14/h1-3,14H,4-5H2. The summed E-state index contributed by atoms with van der Waals surface area (Å²) >= 11 is 0. The van der Waals surface area contributed by atoms with Crippen molar-refractivity contribution in [1.82, 2.24) is 0 Å². The first-order chi connectivity index (χ1) is 6.49. The lowest BCUT2D eigenvalue weighted by Crippen LogP contribution is -2.17. The minimum Gasteiger partial charge on any atom is -0.396 e. The Kier molecular flexibility index (Phi) is 3.10. The summed E-state index contributed by atoms with van der Waals surface area (Å²) in [4.78, 5) is 0. The van der Waals surface area contributed by atoms with Gasteiger partial charge in [-0.1, -0.05) is 6.07 Å². The van der Waals surface area contributed by atoms with Crippen molar-refractivity contribution in [1.29, 1.82) is 0 Å². The molecule has 0 aromatic heterocycles. The van der Waals surface area contributed by atoms with Crippen LogP contribution in [0.2, 0.25) is 0 Å². The topological polar surface area (TPSA) is 20.2 Å². The van der Waals surface area contributed by atoms with Gasteiger partial charge in [0.05, 0.1) is 5.56 Å². The van der Waals surface area contributed by atoms with E-state index in [1.165, 1.54) is 0 Å². The quantitative estimate of drug-likeness (QED) is 0.756. The third-order valence-corrected chi connectivity index (χ3v) is 1.77. The van der Waals surface area contributed by atoms with E-state index < -0.39 is 36.1 Å². The van der Waals surface area contributed by atoms with Crippen LogP contribution in [0.15, 0.2) is 18.2 Å². The Morgan fingerprint density at radius 3 is 2.43 bits per heavy atom. The van der Waals surface area contributed by atoms with E-state index in [2.05, 4.69) is 0 Å². The van der Waals surface area contributed by atoms with E-state index in [0.717, 1.165) is 18.2 Å². The third kappa shape index (κ3) is 2.04. The van der Waals surface area contributed by atoms with Gasteiger partial charge in [0.15, 0.2) is 11.6 Å². The van der Waals surface area contributed by atoms with Gasteiger partial charge in [0, 0.05) is 13.0 Å². The van der Waals surface area contributed by atoms with Gasteiger partial charge in [0.2, 0.25) is 0 Å². The molecule has 0 amide bonds. The maximum atomic E-state index is 13.0. The van der Waals surface area contributed by atoms with Crippen molar-refractivity contribution in [3.8, 4) is 0 Å². The molecule has 78 valence electrons. The molecule has 0 spiro atoms. The van der Waals surface area contributed by atoms with Gasteiger partial charge in [-0.3, -0.25) is 0 Å². The average molecular weight is 208 g/mol. The summed E-state index contributed by atoms with van der Waals surface area (Å²) in [5.74, 6) is -6.42. The minimum absolute atomic E-state index is 0.758. The highest BCUT2D eigenvalue weighted by Crippen LogP contribution is 2.33. The number of aliphatic hydroxyl groups excluding tert-OH is 1. The maximum Gasteiger partial charge on any atom is 0.278 e. The van der Waals surface area contributed by atoms with Crippen molar-refractivity contribution in [3.63, 3.8) is 0 Å². The Morgan fingerprint density at radius 2 is 1.86 bits per heavy atom. The summed E-state index contributed by atoms with van der Waals surface area (Å²) in [6.45, 7) is -0.789. The molecule has 0 atom stereocenters. The molecule has 0 saturated heterocycles. The molecule has 1 N–H and O–H groups in total. The zero-order valence-electron chi connectivity index (χ0n) is 7.11. The second-order valence-corrected chi connectivity index (χ2v) is 2.78. The first-order valence-electron chi connectivity index (χ1n) is 3.92. The molecule has 0 heterocycles. The molecule has 1 aromatic rings. The summed E-state index contributed by atoms with van der Waals surface area (Å²) in [5.41, 5.74) is -1.02. The molecule has 0 aliphatic heterocycles. The molecule has 1 nitrogen and oxygen atoms in total. The Bertz CT molecular complexity index is 325. The number of aliphatic hydroxyl groups is 1. The molecule has 0 aliphatic rings. The van der Waals surface area contributed by atoms with Crippen LogP contribution in [0, 0.1) is 11.6 Å². The molecular formula is C9H8F4O. The van der Waals surface area contributed by atoms with Gasteiger partial charge in [0.25, 0.3) is 5.92 Å². The van der Waals surface area contributed by atoms with Crippen molar-refractivity contribution in [2.75, 3.05) is 6.61 Å². The van der Waals surface area contributed by atoms with Gasteiger partial charge in [-0.25, -0.2) is 17.6 Å². The normalized spacial score (nSPS) is 11.8. The van der Waals surface area contributed by atoms with Gasteiger partial charge in [0.1, 0.15) is 0 Å². The number of benzene rings is 1. The number of alkyl halides is 2. The highest BCUT2D eigenvalue weighted by molar-refractivity contribution is 5.23. The van der Waals surface area contributed by atoms with Crippen LogP contribution in [0.4, 0.5) is 17.6 Å². The van der Waals surface area contributed by atoms with Gasteiger partial charge in [-0.05, 0) is 12.1 Å². The summed E-state index contributed by atoms with van der Waals surface area (Å²) in [6.07, 6.45) is -0.923. The Morgan fingerprint density at radius 1 is 1.21 bits per heavy atom. The molecule has 14 heavy (non-hydrogen) atoms. The van der Waals surface area contributed by atoms with E-state index in [1.54, 1.807) is 0 Å². The van der Waals surface area contributed by atoms with E-state index in [1.807, 2.05) is 0 Å². The lowest BCUT2D eigenvalue weighted by atomic mass is 10.1. The number of hydrogen-bond donors (Lipinski definition) is 1.